The van der Waals surface area contributed by atoms with E-state index in [2.05, 4.69) is 45.1 Å². The third-order valence-electron chi connectivity index (χ3n) is 5.00. The fourth-order valence-corrected chi connectivity index (χ4v) is 3.20. The van der Waals surface area contributed by atoms with E-state index >= 15 is 0 Å². The lowest BCUT2D eigenvalue weighted by Gasteiger charge is -2.36. The van der Waals surface area contributed by atoms with Gasteiger partial charge in [0.25, 0.3) is 0 Å². The molecule has 0 amide bonds. The largest absolute Gasteiger partial charge is 0.321 e. The van der Waals surface area contributed by atoms with Crippen LogP contribution in [-0.4, -0.2) is 30.7 Å². The Bertz CT molecular complexity index is 432. The number of hydrogen-bond donors (Lipinski definition) is 0. The van der Waals surface area contributed by atoms with E-state index in [0.29, 0.717) is 0 Å². The van der Waals surface area contributed by atoms with Gasteiger partial charge in [-0.25, -0.2) is 0 Å². The van der Waals surface area contributed by atoms with Gasteiger partial charge in [0.15, 0.2) is 0 Å². The van der Waals surface area contributed by atoms with Gasteiger partial charge in [-0.3, -0.25) is 0 Å². The molecule has 0 N–H and O–H groups in total. The summed E-state index contributed by atoms with van der Waals surface area (Å²) in [6.07, 6.45) is 12.6. The fraction of sp³-hybridized carbons (Fsp3) is 0.619. The van der Waals surface area contributed by atoms with Gasteiger partial charge in [-0.1, -0.05) is 56.0 Å². The number of hydrogen-bond acceptors (Lipinski definition) is 0. The summed E-state index contributed by atoms with van der Waals surface area (Å²) in [6, 6.07) is 8.17. The van der Waals surface area contributed by atoms with E-state index < -0.39 is 0 Å². The first-order chi connectivity index (χ1) is 11.2. The number of halogens is 1. The predicted molar refractivity (Wildman–Crippen MR) is 104 cm³/mol. The summed E-state index contributed by atoms with van der Waals surface area (Å²) in [5.74, 6) is 0. The van der Waals surface area contributed by atoms with E-state index in [9.17, 15) is 0 Å². The average Bonchev–Trinajstić information content (AvgIpc) is 2.58. The molecule has 1 aromatic carbocycles. The summed E-state index contributed by atoms with van der Waals surface area (Å²) in [4.78, 5) is 0. The van der Waals surface area contributed by atoms with E-state index in [0.717, 1.165) is 18.0 Å². The van der Waals surface area contributed by atoms with Crippen LogP contribution in [-0.2, 0) is 6.42 Å². The molecule has 0 saturated carbocycles. The monoisotopic (exact) mass is 336 g/mol. The molecule has 1 nitrogen and oxygen atoms in total. The van der Waals surface area contributed by atoms with Crippen LogP contribution in [0.1, 0.15) is 58.4 Å². The first kappa shape index (κ1) is 20.3. The van der Waals surface area contributed by atoms with Gasteiger partial charge in [-0.15, -0.1) is 0 Å². The van der Waals surface area contributed by atoms with Crippen molar-refractivity contribution < 1.29 is 4.48 Å². The maximum atomic E-state index is 5.93. The van der Waals surface area contributed by atoms with Crippen LogP contribution in [0.5, 0.6) is 0 Å². The highest BCUT2D eigenvalue weighted by molar-refractivity contribution is 6.30. The smallest absolute Gasteiger partial charge is 0.0973 e. The molecule has 0 spiro atoms. The predicted octanol–water partition coefficient (Wildman–Crippen LogP) is 6.27. The van der Waals surface area contributed by atoms with Crippen molar-refractivity contribution in [1.82, 2.24) is 0 Å². The standard InChI is InChI=1S/C21H35ClN/c1-4-7-8-9-11-18-23(5-2,6-3)19-12-10-13-20-14-16-21(22)17-15-20/h10,12,14-17H,4-9,11,13,18-19H2,1-3H3/q+1. The average molecular weight is 337 g/mol. The van der Waals surface area contributed by atoms with Crippen molar-refractivity contribution in [3.05, 3.63) is 47.0 Å². The highest BCUT2D eigenvalue weighted by Crippen LogP contribution is 2.13. The van der Waals surface area contributed by atoms with Crippen molar-refractivity contribution in [2.45, 2.75) is 59.3 Å². The topological polar surface area (TPSA) is 0 Å². The van der Waals surface area contributed by atoms with E-state index in [-0.39, 0.29) is 0 Å². The quantitative estimate of drug-likeness (QED) is 0.240. The Morgan fingerprint density at radius 1 is 0.870 bits per heavy atom. The number of benzene rings is 1. The molecule has 0 bridgehead atoms. The number of unbranched alkanes of at least 4 members (excludes halogenated alkanes) is 4. The normalized spacial score (nSPS) is 12.2. The molecule has 0 aliphatic carbocycles. The number of likely N-dealkylation sites (N-methyl/N-ethyl adjacent to an activating group) is 1. The van der Waals surface area contributed by atoms with Gasteiger partial charge in [0.2, 0.25) is 0 Å². The summed E-state index contributed by atoms with van der Waals surface area (Å²) in [7, 11) is 0. The molecule has 1 rings (SSSR count). The molecule has 0 fully saturated rings. The van der Waals surface area contributed by atoms with Crippen LogP contribution in [0.15, 0.2) is 36.4 Å². The Morgan fingerprint density at radius 3 is 2.13 bits per heavy atom. The summed E-state index contributed by atoms with van der Waals surface area (Å²) >= 11 is 5.93. The van der Waals surface area contributed by atoms with Crippen LogP contribution in [0.3, 0.4) is 0 Å². The third kappa shape index (κ3) is 8.04. The Balaban J connectivity index is 2.41. The molecule has 1 aromatic rings. The third-order valence-corrected chi connectivity index (χ3v) is 5.26. The number of nitrogens with zero attached hydrogens (tertiary/aromatic N) is 1. The van der Waals surface area contributed by atoms with Gasteiger partial charge < -0.3 is 4.48 Å². The lowest BCUT2D eigenvalue weighted by Crippen LogP contribution is -2.48. The second-order valence-corrected chi connectivity index (χ2v) is 7.03. The number of rotatable bonds is 12. The maximum absolute atomic E-state index is 5.93. The summed E-state index contributed by atoms with van der Waals surface area (Å²) in [6.45, 7) is 11.9. The van der Waals surface area contributed by atoms with Crippen LogP contribution >= 0.6 is 11.6 Å². The van der Waals surface area contributed by atoms with Gasteiger partial charge in [-0.05, 0) is 56.9 Å². The zero-order chi connectivity index (χ0) is 17.0. The van der Waals surface area contributed by atoms with Crippen molar-refractivity contribution in [2.24, 2.45) is 0 Å². The molecule has 0 aromatic heterocycles. The SMILES string of the molecule is CCCCCCC[N+](CC)(CC)CC=CCc1ccc(Cl)cc1. The summed E-state index contributed by atoms with van der Waals surface area (Å²) < 4.78 is 1.23. The Labute approximate surface area is 148 Å². The molecule has 0 unspecified atom stereocenters. The lowest BCUT2D eigenvalue weighted by atomic mass is 10.1. The van der Waals surface area contributed by atoms with E-state index in [4.69, 9.17) is 11.6 Å². The number of allylic oxidation sites excluding steroid dienone is 1. The second-order valence-electron chi connectivity index (χ2n) is 6.60. The summed E-state index contributed by atoms with van der Waals surface area (Å²) in [5.41, 5.74) is 1.33. The minimum absolute atomic E-state index is 0.813. The zero-order valence-corrected chi connectivity index (χ0v) is 16.1. The molecule has 0 radical (unpaired) electrons. The molecule has 0 heterocycles. The first-order valence-corrected chi connectivity index (χ1v) is 9.78. The molecular formula is C21H35ClN+. The molecule has 0 atom stereocenters. The minimum atomic E-state index is 0.813. The van der Waals surface area contributed by atoms with Crippen molar-refractivity contribution in [3.8, 4) is 0 Å². The number of quaternary nitrogens is 1. The molecule has 2 heteroatoms. The van der Waals surface area contributed by atoms with Crippen molar-refractivity contribution in [1.29, 1.82) is 0 Å². The van der Waals surface area contributed by atoms with E-state index in [1.54, 1.807) is 0 Å². The van der Waals surface area contributed by atoms with E-state index in [1.165, 1.54) is 61.8 Å². The van der Waals surface area contributed by atoms with Crippen molar-refractivity contribution >= 4 is 11.6 Å². The highest BCUT2D eigenvalue weighted by Gasteiger charge is 2.20. The first-order valence-electron chi connectivity index (χ1n) is 9.40. The molecule has 0 aliphatic heterocycles. The lowest BCUT2D eigenvalue weighted by molar-refractivity contribution is -0.919. The van der Waals surface area contributed by atoms with Crippen LogP contribution in [0.4, 0.5) is 0 Å². The van der Waals surface area contributed by atoms with Crippen LogP contribution in [0.25, 0.3) is 0 Å². The molecular weight excluding hydrogens is 302 g/mol. The zero-order valence-electron chi connectivity index (χ0n) is 15.4. The van der Waals surface area contributed by atoms with Gasteiger partial charge in [0, 0.05) is 5.02 Å². The van der Waals surface area contributed by atoms with Gasteiger partial charge >= 0.3 is 0 Å². The molecule has 23 heavy (non-hydrogen) atoms. The van der Waals surface area contributed by atoms with Crippen LogP contribution in [0, 0.1) is 0 Å². The van der Waals surface area contributed by atoms with Gasteiger partial charge in [0.1, 0.15) is 0 Å². The van der Waals surface area contributed by atoms with E-state index in [1.807, 2.05) is 12.1 Å². The maximum Gasteiger partial charge on any atom is 0.0973 e. The Kier molecular flexibility index (Phi) is 10.3. The summed E-state index contributed by atoms with van der Waals surface area (Å²) in [5, 5.41) is 0.813. The van der Waals surface area contributed by atoms with Gasteiger partial charge in [-0.2, -0.15) is 0 Å². The van der Waals surface area contributed by atoms with Crippen molar-refractivity contribution in [3.63, 3.8) is 0 Å². The fourth-order valence-electron chi connectivity index (χ4n) is 3.08. The molecule has 0 aliphatic rings. The van der Waals surface area contributed by atoms with Crippen LogP contribution < -0.4 is 0 Å². The van der Waals surface area contributed by atoms with Crippen LogP contribution in [0.2, 0.25) is 5.02 Å². The van der Waals surface area contributed by atoms with Crippen molar-refractivity contribution in [2.75, 3.05) is 26.2 Å². The second kappa shape index (κ2) is 11.7. The minimum Gasteiger partial charge on any atom is -0.321 e. The van der Waals surface area contributed by atoms with Gasteiger partial charge in [0.05, 0.1) is 26.2 Å². The Hall–Kier alpha value is -0.790. The molecule has 0 saturated heterocycles. The Morgan fingerprint density at radius 2 is 1.52 bits per heavy atom. The molecule has 130 valence electrons. The highest BCUT2D eigenvalue weighted by atomic mass is 35.5.